The minimum absolute atomic E-state index is 0.0357. The second kappa shape index (κ2) is 6.16. The maximum atomic E-state index is 10.8. The van der Waals surface area contributed by atoms with Crippen molar-refractivity contribution in [2.75, 3.05) is 0 Å². The molecule has 0 heterocycles. The number of amides is 1. The van der Waals surface area contributed by atoms with Gasteiger partial charge in [0.2, 0.25) is 5.91 Å². The molecule has 0 aromatic heterocycles. The van der Waals surface area contributed by atoms with Crippen molar-refractivity contribution in [2.24, 2.45) is 5.73 Å². The molecule has 0 rings (SSSR count). The Bertz CT molecular complexity index is 115. The van der Waals surface area contributed by atoms with Crippen molar-refractivity contribution in [2.45, 2.75) is 45.7 Å². The molecule has 0 fully saturated rings. The average Bonchev–Trinajstić information content (AvgIpc) is 2.00. The largest absolute Gasteiger partial charge is 0.341 e. The van der Waals surface area contributed by atoms with E-state index in [2.05, 4.69) is 12.2 Å². The van der Waals surface area contributed by atoms with Crippen LogP contribution in [-0.4, -0.2) is 12.1 Å². The van der Waals surface area contributed by atoms with Crippen molar-refractivity contribution in [1.82, 2.24) is 5.32 Å². The first-order valence-electron chi connectivity index (χ1n) is 4.25. The summed E-state index contributed by atoms with van der Waals surface area (Å²) < 4.78 is 0. The highest BCUT2D eigenvalue weighted by atomic mass is 16.1. The van der Waals surface area contributed by atoms with E-state index >= 15 is 0 Å². The number of nitrogens with two attached hydrogens (primary N) is 1. The van der Waals surface area contributed by atoms with E-state index < -0.39 is 0 Å². The molecule has 3 heteroatoms. The molecule has 1 amide bonds. The second-order valence-electron chi connectivity index (χ2n) is 2.67. The van der Waals surface area contributed by atoms with Crippen LogP contribution in [0.3, 0.4) is 0 Å². The highest BCUT2D eigenvalue weighted by Gasteiger charge is 2.03. The van der Waals surface area contributed by atoms with Crippen LogP contribution >= 0.6 is 0 Å². The van der Waals surface area contributed by atoms with Crippen LogP contribution in [0.4, 0.5) is 0 Å². The monoisotopic (exact) mass is 158 g/mol. The van der Waals surface area contributed by atoms with E-state index in [0.29, 0.717) is 6.42 Å². The third-order valence-electron chi connectivity index (χ3n) is 1.54. The number of hydrogen-bond acceptors (Lipinski definition) is 2. The van der Waals surface area contributed by atoms with Crippen molar-refractivity contribution >= 4 is 5.91 Å². The summed E-state index contributed by atoms with van der Waals surface area (Å²) in [6, 6.07) is 0. The minimum atomic E-state index is -0.151. The summed E-state index contributed by atoms with van der Waals surface area (Å²) in [4.78, 5) is 10.8. The normalized spacial score (nSPS) is 12.6. The van der Waals surface area contributed by atoms with Crippen LogP contribution in [0, 0.1) is 0 Å². The Balaban J connectivity index is 3.35. The van der Waals surface area contributed by atoms with Crippen LogP contribution in [0.25, 0.3) is 0 Å². The van der Waals surface area contributed by atoms with Gasteiger partial charge in [-0.25, -0.2) is 0 Å². The number of rotatable bonds is 5. The van der Waals surface area contributed by atoms with E-state index in [0.717, 1.165) is 19.3 Å². The van der Waals surface area contributed by atoms with Crippen molar-refractivity contribution in [3.05, 3.63) is 0 Å². The van der Waals surface area contributed by atoms with Gasteiger partial charge in [0.15, 0.2) is 0 Å². The van der Waals surface area contributed by atoms with Gasteiger partial charge >= 0.3 is 0 Å². The number of hydrogen-bond donors (Lipinski definition) is 2. The highest BCUT2D eigenvalue weighted by molar-refractivity contribution is 5.75. The Kier molecular flexibility index (Phi) is 5.84. The van der Waals surface area contributed by atoms with Gasteiger partial charge in [-0.2, -0.15) is 0 Å². The van der Waals surface area contributed by atoms with Gasteiger partial charge in [0.1, 0.15) is 0 Å². The summed E-state index contributed by atoms with van der Waals surface area (Å²) in [5.41, 5.74) is 5.60. The molecule has 0 saturated carbocycles. The quantitative estimate of drug-likeness (QED) is 0.586. The minimum Gasteiger partial charge on any atom is -0.341 e. The molecule has 0 spiro atoms. The first kappa shape index (κ1) is 10.4. The summed E-state index contributed by atoms with van der Waals surface area (Å²) >= 11 is 0. The van der Waals surface area contributed by atoms with Gasteiger partial charge in [-0.05, 0) is 6.42 Å². The molecular weight excluding hydrogens is 140 g/mol. The molecular formula is C8H18N2O. The molecule has 1 atom stereocenters. The Morgan fingerprint density at radius 2 is 2.18 bits per heavy atom. The predicted molar refractivity (Wildman–Crippen MR) is 45.9 cm³/mol. The average molecular weight is 158 g/mol. The molecule has 1 unspecified atom stereocenters. The summed E-state index contributed by atoms with van der Waals surface area (Å²) in [7, 11) is 0. The molecule has 0 aliphatic carbocycles. The van der Waals surface area contributed by atoms with E-state index in [4.69, 9.17) is 5.73 Å². The molecule has 0 aromatic rings. The molecule has 0 radical (unpaired) electrons. The van der Waals surface area contributed by atoms with Crippen LogP contribution in [-0.2, 0) is 4.79 Å². The number of carbonyl (C=O) groups excluding carboxylic acids is 1. The first-order chi connectivity index (χ1) is 5.20. The van der Waals surface area contributed by atoms with E-state index in [9.17, 15) is 4.79 Å². The van der Waals surface area contributed by atoms with E-state index in [1.54, 1.807) is 0 Å². The third-order valence-corrected chi connectivity index (χ3v) is 1.54. The fraction of sp³-hybridized carbons (Fsp3) is 0.875. The molecule has 11 heavy (non-hydrogen) atoms. The fourth-order valence-electron chi connectivity index (χ4n) is 0.805. The Labute approximate surface area is 68.3 Å². The fourth-order valence-corrected chi connectivity index (χ4v) is 0.805. The third kappa shape index (κ3) is 5.85. The van der Waals surface area contributed by atoms with Crippen LogP contribution in [0.2, 0.25) is 0 Å². The van der Waals surface area contributed by atoms with Crippen molar-refractivity contribution in [1.29, 1.82) is 0 Å². The smallest absolute Gasteiger partial charge is 0.220 e. The van der Waals surface area contributed by atoms with Gasteiger partial charge in [-0.1, -0.05) is 26.7 Å². The lowest BCUT2D eigenvalue weighted by molar-refractivity contribution is -0.121. The lowest BCUT2D eigenvalue weighted by Crippen LogP contribution is -2.40. The summed E-state index contributed by atoms with van der Waals surface area (Å²) in [5, 5.41) is 2.70. The Morgan fingerprint density at radius 1 is 1.55 bits per heavy atom. The van der Waals surface area contributed by atoms with Crippen LogP contribution in [0.15, 0.2) is 0 Å². The summed E-state index contributed by atoms with van der Waals surface area (Å²) in [6.45, 7) is 3.93. The highest BCUT2D eigenvalue weighted by Crippen LogP contribution is 1.95. The maximum absolute atomic E-state index is 10.8. The molecule has 0 aliphatic heterocycles. The SMILES string of the molecule is CCCCC(N)NC(=O)CC. The van der Waals surface area contributed by atoms with Crippen LogP contribution in [0.1, 0.15) is 39.5 Å². The lowest BCUT2D eigenvalue weighted by atomic mass is 10.2. The molecule has 3 nitrogen and oxygen atoms in total. The van der Waals surface area contributed by atoms with Gasteiger partial charge in [-0.3, -0.25) is 4.79 Å². The number of unbranched alkanes of at least 4 members (excludes halogenated alkanes) is 1. The van der Waals surface area contributed by atoms with Gasteiger partial charge in [-0.15, -0.1) is 0 Å². The molecule has 0 bridgehead atoms. The zero-order valence-corrected chi connectivity index (χ0v) is 7.39. The molecule has 0 aliphatic rings. The van der Waals surface area contributed by atoms with Crippen molar-refractivity contribution in [3.63, 3.8) is 0 Å². The molecule has 0 saturated heterocycles. The Hall–Kier alpha value is -0.570. The summed E-state index contributed by atoms with van der Waals surface area (Å²) in [5.74, 6) is 0.0357. The zero-order chi connectivity index (χ0) is 8.69. The topological polar surface area (TPSA) is 55.1 Å². The molecule has 66 valence electrons. The van der Waals surface area contributed by atoms with Gasteiger partial charge in [0.05, 0.1) is 6.17 Å². The van der Waals surface area contributed by atoms with Crippen molar-refractivity contribution in [3.8, 4) is 0 Å². The standard InChI is InChI=1S/C8H18N2O/c1-3-5-6-7(9)10-8(11)4-2/h7H,3-6,9H2,1-2H3,(H,10,11). The summed E-state index contributed by atoms with van der Waals surface area (Å²) in [6.07, 6.45) is 3.44. The lowest BCUT2D eigenvalue weighted by Gasteiger charge is -2.11. The van der Waals surface area contributed by atoms with Crippen molar-refractivity contribution < 1.29 is 4.79 Å². The number of carbonyl (C=O) groups is 1. The number of nitrogens with one attached hydrogen (secondary N) is 1. The Morgan fingerprint density at radius 3 is 2.64 bits per heavy atom. The zero-order valence-electron chi connectivity index (χ0n) is 7.39. The maximum Gasteiger partial charge on any atom is 0.220 e. The first-order valence-corrected chi connectivity index (χ1v) is 4.25. The van der Waals surface area contributed by atoms with E-state index in [1.165, 1.54) is 0 Å². The van der Waals surface area contributed by atoms with E-state index in [-0.39, 0.29) is 12.1 Å². The van der Waals surface area contributed by atoms with Gasteiger partial charge in [0.25, 0.3) is 0 Å². The second-order valence-corrected chi connectivity index (χ2v) is 2.67. The van der Waals surface area contributed by atoms with E-state index in [1.807, 2.05) is 6.92 Å². The predicted octanol–water partition coefficient (Wildman–Crippen LogP) is 0.988. The van der Waals surface area contributed by atoms with Crippen LogP contribution < -0.4 is 11.1 Å². The van der Waals surface area contributed by atoms with Gasteiger partial charge < -0.3 is 11.1 Å². The van der Waals surface area contributed by atoms with Crippen LogP contribution in [0.5, 0.6) is 0 Å². The molecule has 3 N–H and O–H groups in total. The molecule has 0 aromatic carbocycles. The van der Waals surface area contributed by atoms with Gasteiger partial charge in [0, 0.05) is 6.42 Å².